The highest BCUT2D eigenvalue weighted by atomic mass is 19.0. The lowest BCUT2D eigenvalue weighted by molar-refractivity contribution is -0.904. The zero-order chi connectivity index (χ0) is 6.62. The van der Waals surface area contributed by atoms with Gasteiger partial charge in [-0.1, -0.05) is 0 Å². The maximum absolute atomic E-state index is 2.29. The highest BCUT2D eigenvalue weighted by molar-refractivity contribution is 5.75. The van der Waals surface area contributed by atoms with Crippen LogP contribution in [0.25, 0.3) is 0 Å². The summed E-state index contributed by atoms with van der Waals surface area (Å²) >= 11 is 0. The van der Waals surface area contributed by atoms with E-state index in [0.717, 1.165) is 0 Å². The molecule has 0 aliphatic rings. The van der Waals surface area contributed by atoms with Crippen LogP contribution in [0.1, 0.15) is 20.8 Å². The molecule has 6 heteroatoms. The van der Waals surface area contributed by atoms with Crippen LogP contribution < -0.4 is 0 Å². The Bertz CT molecular complexity index is 63.2. The summed E-state index contributed by atoms with van der Waals surface area (Å²) < 4.78 is 1.21. The predicted molar refractivity (Wildman–Crippen MR) is 57.8 cm³/mol. The number of hydrogen-bond acceptors (Lipinski definition) is 0. The van der Waals surface area contributed by atoms with Crippen molar-refractivity contribution in [2.75, 3.05) is 26.7 Å². The zero-order valence-corrected chi connectivity index (χ0v) is 8.20. The Labute approximate surface area is 80.1 Å². The van der Waals surface area contributed by atoms with E-state index in [1.807, 2.05) is 0 Å². The minimum Gasteiger partial charge on any atom is -0.327 e. The van der Waals surface area contributed by atoms with Gasteiger partial charge in [-0.2, -0.15) is 0 Å². The first-order valence-electron chi connectivity index (χ1n) is 3.52. The molecule has 0 N–H and O–H groups in total. The normalized spacial score (nSPS) is 7.38. The van der Waals surface area contributed by atoms with Gasteiger partial charge in [-0.15, -0.1) is 0 Å². The Balaban J connectivity index is -0.0000000245. The molecule has 0 aromatic heterocycles. The molecular weight excluding hydrogens is 185 g/mol. The number of hydrogen-bond donors (Lipinski definition) is 0. The van der Waals surface area contributed by atoms with E-state index in [-0.39, 0.29) is 27.2 Å². The summed E-state index contributed by atoms with van der Waals surface area (Å²) in [7, 11) is 2.29. The summed E-state index contributed by atoms with van der Waals surface area (Å²) in [6, 6.07) is 0. The van der Waals surface area contributed by atoms with Gasteiger partial charge in [0.2, 0.25) is 0 Å². The first-order valence-corrected chi connectivity index (χ1v) is 3.52. The Morgan fingerprint density at radius 2 is 0.846 bits per heavy atom. The molecule has 0 aromatic rings. The monoisotopic (exact) mass is 210 g/mol. The van der Waals surface area contributed by atoms with Crippen LogP contribution in [0, 0.1) is 0 Å². The van der Waals surface area contributed by atoms with Crippen LogP contribution in [-0.2, 0) is 0 Å². The minimum atomic E-state index is 0. The molecule has 0 atom stereocenters. The average molecular weight is 210 g/mol. The Morgan fingerprint density at radius 1 is 0.692 bits per heavy atom. The number of nitrogens with zero attached hydrogens (tertiary/aromatic N) is 1. The van der Waals surface area contributed by atoms with Gasteiger partial charge in [-0.05, 0) is 20.8 Å². The van der Waals surface area contributed by atoms with Crippen LogP contribution in [0.2, 0.25) is 0 Å². The van der Waals surface area contributed by atoms with E-state index in [2.05, 4.69) is 27.8 Å². The van der Waals surface area contributed by atoms with Crippen molar-refractivity contribution in [1.82, 2.24) is 0 Å². The highest BCUT2D eigenvalue weighted by Gasteiger charge is 2.10. The summed E-state index contributed by atoms with van der Waals surface area (Å²) in [6.45, 7) is 10.5. The summed E-state index contributed by atoms with van der Waals surface area (Å²) in [4.78, 5) is 0. The second-order valence-electron chi connectivity index (χ2n) is 2.57. The molecule has 0 aliphatic carbocycles. The van der Waals surface area contributed by atoms with E-state index in [9.17, 15) is 0 Å². The van der Waals surface area contributed by atoms with Gasteiger partial charge in [-0.25, -0.2) is 0 Å². The van der Waals surface area contributed by atoms with Crippen LogP contribution in [0.15, 0.2) is 0 Å². The third-order valence-electron chi connectivity index (χ3n) is 2.29. The van der Waals surface area contributed by atoms with Crippen LogP contribution >= 0.6 is 0 Å². The first kappa shape index (κ1) is 38.6. The van der Waals surface area contributed by atoms with Gasteiger partial charge in [0.05, 0.1) is 35.1 Å². The smallest absolute Gasteiger partial charge is 0.0814 e. The lowest BCUT2D eigenvalue weighted by Gasteiger charge is -2.30. The maximum atomic E-state index is 2.29. The van der Waals surface area contributed by atoms with Crippen molar-refractivity contribution in [2.24, 2.45) is 0 Å². The zero-order valence-electron chi connectivity index (χ0n) is 8.20. The fourth-order valence-corrected chi connectivity index (χ4v) is 0.671. The predicted octanol–water partition coefficient (Wildman–Crippen LogP) is 0.919. The fraction of sp³-hybridized carbons (Fsp3) is 1.00. The second-order valence-corrected chi connectivity index (χ2v) is 2.57. The third kappa shape index (κ3) is 14.6. The molecule has 0 spiro atoms. The van der Waals surface area contributed by atoms with Crippen LogP contribution in [-0.4, -0.2) is 39.6 Å². The standard InChI is InChI=1S/C7H18N.BH3.4FH/c1-5-8(4,6-2)7-3;;;;;/h5-7H2,1-4H3;1H3;4*1H/q+1;;;;;. The average Bonchev–Trinajstić information content (AvgIpc) is 1.87. The molecule has 0 bridgehead atoms. The van der Waals surface area contributed by atoms with Crippen molar-refractivity contribution in [3.8, 4) is 0 Å². The maximum Gasteiger partial charge on any atom is 0.0814 e. The summed E-state index contributed by atoms with van der Waals surface area (Å²) in [6.07, 6.45) is 0. The largest absolute Gasteiger partial charge is 0.327 e. The summed E-state index contributed by atoms with van der Waals surface area (Å²) in [5.41, 5.74) is 0. The van der Waals surface area contributed by atoms with Gasteiger partial charge in [0.15, 0.2) is 0 Å². The van der Waals surface area contributed by atoms with E-state index in [1.54, 1.807) is 0 Å². The molecule has 13 heavy (non-hydrogen) atoms. The van der Waals surface area contributed by atoms with Crippen LogP contribution in [0.3, 0.4) is 0 Å². The number of rotatable bonds is 3. The number of halogens is 4. The van der Waals surface area contributed by atoms with Crippen molar-refractivity contribution in [3.05, 3.63) is 0 Å². The van der Waals surface area contributed by atoms with Crippen molar-refractivity contribution >= 4 is 8.41 Å². The molecule has 0 rings (SSSR count). The molecule has 0 aromatic carbocycles. The van der Waals surface area contributed by atoms with Crippen LogP contribution in [0.5, 0.6) is 0 Å². The van der Waals surface area contributed by atoms with Gasteiger partial charge >= 0.3 is 0 Å². The molecular formula is C7H25BF4N+. The summed E-state index contributed by atoms with van der Waals surface area (Å²) in [5, 5.41) is 0. The molecule has 0 saturated carbocycles. The van der Waals surface area contributed by atoms with E-state index in [1.165, 1.54) is 24.1 Å². The van der Waals surface area contributed by atoms with E-state index in [4.69, 9.17) is 0 Å². The molecule has 0 saturated heterocycles. The topological polar surface area (TPSA) is 0 Å². The molecule has 88 valence electrons. The van der Waals surface area contributed by atoms with Crippen molar-refractivity contribution in [2.45, 2.75) is 20.8 Å². The Morgan fingerprint density at radius 3 is 0.846 bits per heavy atom. The fourth-order valence-electron chi connectivity index (χ4n) is 0.671. The van der Waals surface area contributed by atoms with Gasteiger partial charge in [-0.3, -0.25) is 18.8 Å². The minimum absolute atomic E-state index is 0. The van der Waals surface area contributed by atoms with E-state index >= 15 is 0 Å². The molecule has 0 amide bonds. The molecule has 0 radical (unpaired) electrons. The molecule has 0 unspecified atom stereocenters. The van der Waals surface area contributed by atoms with Crippen molar-refractivity contribution in [3.63, 3.8) is 0 Å². The Hall–Kier alpha value is -0.255. The molecule has 0 heterocycles. The molecule has 0 aliphatic heterocycles. The molecule has 0 fully saturated rings. The van der Waals surface area contributed by atoms with Gasteiger partial charge in [0.25, 0.3) is 0 Å². The van der Waals surface area contributed by atoms with E-state index in [0.29, 0.717) is 0 Å². The quantitative estimate of drug-likeness (QED) is 0.369. The lowest BCUT2D eigenvalue weighted by Crippen LogP contribution is -2.42. The second kappa shape index (κ2) is 17.7. The van der Waals surface area contributed by atoms with Gasteiger partial charge in [0, 0.05) is 0 Å². The van der Waals surface area contributed by atoms with Gasteiger partial charge in [0.1, 0.15) is 0 Å². The Kier molecular flexibility index (Phi) is 52.7. The van der Waals surface area contributed by atoms with Crippen molar-refractivity contribution < 1.29 is 23.3 Å². The highest BCUT2D eigenvalue weighted by Crippen LogP contribution is 1.97. The third-order valence-corrected chi connectivity index (χ3v) is 2.29. The van der Waals surface area contributed by atoms with Crippen LogP contribution in [0.4, 0.5) is 18.8 Å². The van der Waals surface area contributed by atoms with E-state index < -0.39 is 0 Å². The van der Waals surface area contributed by atoms with Crippen molar-refractivity contribution in [1.29, 1.82) is 0 Å². The first-order chi connectivity index (χ1) is 3.68. The van der Waals surface area contributed by atoms with Gasteiger partial charge < -0.3 is 4.48 Å². The SMILES string of the molecule is B.CC[N+](C)(CC)CC.F.F.F.F. The number of quaternary nitrogens is 1. The summed E-state index contributed by atoms with van der Waals surface area (Å²) in [5.74, 6) is 0. The molecule has 1 nitrogen and oxygen atoms in total. The lowest BCUT2D eigenvalue weighted by atomic mass is 10.4.